The van der Waals surface area contributed by atoms with E-state index in [0.29, 0.717) is 18.2 Å². The lowest BCUT2D eigenvalue weighted by Gasteiger charge is -2.12. The lowest BCUT2D eigenvalue weighted by molar-refractivity contribution is 0.327. The van der Waals surface area contributed by atoms with E-state index in [1.54, 1.807) is 0 Å². The Balaban J connectivity index is 2.75. The van der Waals surface area contributed by atoms with Crippen LogP contribution in [0.5, 0.6) is 11.5 Å². The smallest absolute Gasteiger partial charge is 0.122 e. The summed E-state index contributed by atoms with van der Waals surface area (Å²) < 4.78 is 11.1. The Kier molecular flexibility index (Phi) is 6.50. The molecule has 1 rings (SSSR count). The first-order valence-corrected chi connectivity index (χ1v) is 6.75. The maximum absolute atomic E-state index is 5.61. The van der Waals surface area contributed by atoms with Crippen LogP contribution in [0.25, 0.3) is 0 Å². The van der Waals surface area contributed by atoms with Gasteiger partial charge < -0.3 is 15.2 Å². The molecule has 0 atom stereocenters. The summed E-state index contributed by atoms with van der Waals surface area (Å²) in [7, 11) is 0. The first-order valence-electron chi connectivity index (χ1n) is 6.34. The van der Waals surface area contributed by atoms with Crippen molar-refractivity contribution in [3.8, 4) is 11.5 Å². The number of nitrogens with two attached hydrogens (primary N) is 1. The fourth-order valence-corrected chi connectivity index (χ4v) is 1.90. The molecule has 0 spiro atoms. The fourth-order valence-electron chi connectivity index (χ4n) is 1.76. The minimum Gasteiger partial charge on any atom is -0.494 e. The van der Waals surface area contributed by atoms with Gasteiger partial charge in [-0.15, -0.1) is 0 Å². The lowest BCUT2D eigenvalue weighted by atomic mass is 10.1. The van der Waals surface area contributed by atoms with Crippen molar-refractivity contribution in [3.63, 3.8) is 0 Å². The van der Waals surface area contributed by atoms with E-state index in [4.69, 9.17) is 27.4 Å². The average molecular weight is 267 g/mol. The van der Waals surface area contributed by atoms with Crippen molar-refractivity contribution >= 4 is 17.2 Å². The number of aryl methyl sites for hydroxylation is 1. The van der Waals surface area contributed by atoms with E-state index in [1.165, 1.54) is 0 Å². The molecule has 0 heterocycles. The predicted octanol–water partition coefficient (Wildman–Crippen LogP) is 3.09. The first-order chi connectivity index (χ1) is 8.67. The summed E-state index contributed by atoms with van der Waals surface area (Å²) in [5.74, 6) is 1.80. The van der Waals surface area contributed by atoms with E-state index in [2.05, 4.69) is 0 Å². The van der Waals surface area contributed by atoms with Crippen molar-refractivity contribution in [3.05, 3.63) is 23.8 Å². The van der Waals surface area contributed by atoms with Crippen LogP contribution in [0.1, 0.15) is 32.3 Å². The highest BCUT2D eigenvalue weighted by atomic mass is 32.1. The Labute approximate surface area is 114 Å². The summed E-state index contributed by atoms with van der Waals surface area (Å²) in [6.45, 7) is 5.29. The van der Waals surface area contributed by atoms with E-state index >= 15 is 0 Å². The third-order valence-electron chi connectivity index (χ3n) is 2.51. The van der Waals surface area contributed by atoms with Gasteiger partial charge in [-0.05, 0) is 56.9 Å². The normalized spacial score (nSPS) is 10.1. The molecule has 3 nitrogen and oxygen atoms in total. The molecule has 1 aromatic carbocycles. The largest absolute Gasteiger partial charge is 0.494 e. The van der Waals surface area contributed by atoms with E-state index < -0.39 is 0 Å². The zero-order valence-electron chi connectivity index (χ0n) is 11.1. The molecular weight excluding hydrogens is 246 g/mol. The molecule has 4 heteroatoms. The molecule has 0 saturated carbocycles. The zero-order valence-corrected chi connectivity index (χ0v) is 11.9. The second kappa shape index (κ2) is 7.93. The van der Waals surface area contributed by atoms with E-state index in [1.807, 2.05) is 32.0 Å². The maximum atomic E-state index is 5.61. The molecule has 100 valence electrons. The molecule has 0 saturated heterocycles. The summed E-state index contributed by atoms with van der Waals surface area (Å²) in [6.07, 6.45) is 2.60. The highest BCUT2D eigenvalue weighted by Gasteiger charge is 2.06. The van der Waals surface area contributed by atoms with Crippen LogP contribution in [0.2, 0.25) is 0 Å². The van der Waals surface area contributed by atoms with Crippen LogP contribution in [0.15, 0.2) is 18.2 Å². The highest BCUT2D eigenvalue weighted by molar-refractivity contribution is 7.80. The van der Waals surface area contributed by atoms with Crippen LogP contribution in [0.4, 0.5) is 0 Å². The molecule has 0 aliphatic heterocycles. The van der Waals surface area contributed by atoms with Crippen molar-refractivity contribution in [2.45, 2.75) is 33.1 Å². The van der Waals surface area contributed by atoms with Crippen molar-refractivity contribution in [2.24, 2.45) is 5.73 Å². The third-order valence-corrected chi connectivity index (χ3v) is 2.72. The van der Waals surface area contributed by atoms with Gasteiger partial charge in [-0.1, -0.05) is 12.2 Å². The monoisotopic (exact) mass is 267 g/mol. The Morgan fingerprint density at radius 1 is 1.22 bits per heavy atom. The second-order valence-electron chi connectivity index (χ2n) is 3.96. The molecule has 18 heavy (non-hydrogen) atoms. The first kappa shape index (κ1) is 14.8. The van der Waals surface area contributed by atoms with Crippen LogP contribution in [0, 0.1) is 0 Å². The minimum absolute atomic E-state index is 0.564. The van der Waals surface area contributed by atoms with Gasteiger partial charge in [0.25, 0.3) is 0 Å². The van der Waals surface area contributed by atoms with Crippen LogP contribution < -0.4 is 15.2 Å². The molecular formula is C14H21NO2S. The van der Waals surface area contributed by atoms with Gasteiger partial charge in [0.15, 0.2) is 0 Å². The summed E-state index contributed by atoms with van der Waals surface area (Å²) in [6, 6.07) is 5.93. The lowest BCUT2D eigenvalue weighted by Crippen LogP contribution is -2.07. The average Bonchev–Trinajstić information content (AvgIpc) is 2.32. The third kappa shape index (κ3) is 4.92. The van der Waals surface area contributed by atoms with Crippen LogP contribution in [-0.2, 0) is 6.42 Å². The zero-order chi connectivity index (χ0) is 13.4. The minimum atomic E-state index is 0.564. The van der Waals surface area contributed by atoms with Crippen LogP contribution in [0.3, 0.4) is 0 Å². The molecule has 0 aromatic heterocycles. The second-order valence-corrected chi connectivity index (χ2v) is 4.48. The molecule has 0 amide bonds. The van der Waals surface area contributed by atoms with Gasteiger partial charge in [0, 0.05) is 0 Å². The number of ether oxygens (including phenoxy) is 2. The maximum Gasteiger partial charge on any atom is 0.122 e. The number of benzene rings is 1. The van der Waals surface area contributed by atoms with Crippen LogP contribution in [-0.4, -0.2) is 18.2 Å². The van der Waals surface area contributed by atoms with E-state index in [0.717, 1.165) is 36.3 Å². The molecule has 0 fully saturated rings. The molecule has 0 radical (unpaired) electrons. The SMILES string of the molecule is CCOc1ccc(OCC)c(CCCC(N)=S)c1. The standard InChI is InChI=1S/C14H21NO2S/c1-3-16-12-8-9-13(17-4-2)11(10-12)6-5-7-14(15)18/h8-10H,3-7H2,1-2H3,(H2,15,18). The molecule has 0 unspecified atom stereocenters. The van der Waals surface area contributed by atoms with Gasteiger partial charge in [-0.3, -0.25) is 0 Å². The van der Waals surface area contributed by atoms with Crippen molar-refractivity contribution in [2.75, 3.05) is 13.2 Å². The van der Waals surface area contributed by atoms with Crippen molar-refractivity contribution in [1.82, 2.24) is 0 Å². The van der Waals surface area contributed by atoms with Gasteiger partial charge in [0.1, 0.15) is 11.5 Å². The number of thiocarbonyl (C=S) groups is 1. The topological polar surface area (TPSA) is 44.5 Å². The summed E-state index contributed by atoms with van der Waals surface area (Å²) in [5.41, 5.74) is 6.66. The van der Waals surface area contributed by atoms with E-state index in [-0.39, 0.29) is 0 Å². The summed E-state index contributed by atoms with van der Waals surface area (Å²) in [4.78, 5) is 0.564. The van der Waals surface area contributed by atoms with Gasteiger partial charge in [-0.25, -0.2) is 0 Å². The Morgan fingerprint density at radius 2 is 1.94 bits per heavy atom. The number of hydrogen-bond donors (Lipinski definition) is 1. The van der Waals surface area contributed by atoms with Crippen molar-refractivity contribution in [1.29, 1.82) is 0 Å². The molecule has 1 aromatic rings. The number of rotatable bonds is 8. The fraction of sp³-hybridized carbons (Fsp3) is 0.500. The summed E-state index contributed by atoms with van der Waals surface area (Å²) in [5, 5.41) is 0. The molecule has 0 bridgehead atoms. The van der Waals surface area contributed by atoms with Gasteiger partial charge >= 0.3 is 0 Å². The summed E-state index contributed by atoms with van der Waals surface area (Å²) >= 11 is 4.88. The predicted molar refractivity (Wildman–Crippen MR) is 78.5 cm³/mol. The quantitative estimate of drug-likeness (QED) is 0.735. The molecule has 0 aliphatic carbocycles. The van der Waals surface area contributed by atoms with E-state index in [9.17, 15) is 0 Å². The van der Waals surface area contributed by atoms with Crippen LogP contribution >= 0.6 is 12.2 Å². The van der Waals surface area contributed by atoms with Gasteiger partial charge in [-0.2, -0.15) is 0 Å². The highest BCUT2D eigenvalue weighted by Crippen LogP contribution is 2.26. The number of hydrogen-bond acceptors (Lipinski definition) is 3. The van der Waals surface area contributed by atoms with Crippen molar-refractivity contribution < 1.29 is 9.47 Å². The molecule has 0 aliphatic rings. The Morgan fingerprint density at radius 3 is 2.56 bits per heavy atom. The Hall–Kier alpha value is -1.29. The molecule has 2 N–H and O–H groups in total. The van der Waals surface area contributed by atoms with Gasteiger partial charge in [0.05, 0.1) is 18.2 Å². The Bertz CT molecular complexity index is 393. The van der Waals surface area contributed by atoms with Gasteiger partial charge in [0.2, 0.25) is 0 Å².